The van der Waals surface area contributed by atoms with Crippen LogP contribution >= 0.6 is 0 Å². The van der Waals surface area contributed by atoms with E-state index in [2.05, 4.69) is 34.9 Å². The number of furan rings is 1. The predicted molar refractivity (Wildman–Crippen MR) is 146 cm³/mol. The summed E-state index contributed by atoms with van der Waals surface area (Å²) in [5.41, 5.74) is 5.96. The van der Waals surface area contributed by atoms with Crippen molar-refractivity contribution in [3.8, 4) is 5.69 Å². The van der Waals surface area contributed by atoms with Crippen molar-refractivity contribution in [3.63, 3.8) is 0 Å². The second-order valence-electron chi connectivity index (χ2n) is 9.33. The molecule has 2 amide bonds. The molecule has 0 spiro atoms. The summed E-state index contributed by atoms with van der Waals surface area (Å²) in [5.74, 6) is -0.604. The second kappa shape index (κ2) is 7.18. The molecule has 37 heavy (non-hydrogen) atoms. The number of hydrogen-bond acceptors (Lipinski definition) is 3. The number of anilines is 1. The number of hydrogen-bond donors (Lipinski definition) is 0. The van der Waals surface area contributed by atoms with Crippen molar-refractivity contribution < 1.29 is 14.0 Å². The second-order valence-corrected chi connectivity index (χ2v) is 9.33. The first-order chi connectivity index (χ1) is 18.2. The minimum atomic E-state index is -0.302. The minimum Gasteiger partial charge on any atom is -0.456 e. The van der Waals surface area contributed by atoms with Crippen LogP contribution in [0.3, 0.4) is 0 Å². The van der Waals surface area contributed by atoms with E-state index >= 15 is 0 Å². The maximum atomic E-state index is 13.1. The third kappa shape index (κ3) is 2.68. The fourth-order valence-electron chi connectivity index (χ4n) is 5.66. The molecule has 8 rings (SSSR count). The van der Waals surface area contributed by atoms with Crippen molar-refractivity contribution in [2.75, 3.05) is 4.90 Å². The van der Waals surface area contributed by atoms with Crippen LogP contribution in [0, 0.1) is 0 Å². The van der Waals surface area contributed by atoms with E-state index in [1.54, 1.807) is 30.3 Å². The molecule has 0 aliphatic carbocycles. The van der Waals surface area contributed by atoms with Crippen molar-refractivity contribution in [2.24, 2.45) is 0 Å². The summed E-state index contributed by atoms with van der Waals surface area (Å²) in [4.78, 5) is 27.6. The molecule has 0 bridgehead atoms. The third-order valence-corrected chi connectivity index (χ3v) is 7.31. The predicted octanol–water partition coefficient (Wildman–Crippen LogP) is 7.48. The Bertz CT molecular complexity index is 2060. The van der Waals surface area contributed by atoms with Crippen molar-refractivity contribution in [2.45, 2.75) is 0 Å². The molecule has 0 N–H and O–H groups in total. The van der Waals surface area contributed by atoms with Gasteiger partial charge >= 0.3 is 0 Å². The highest BCUT2D eigenvalue weighted by molar-refractivity contribution is 6.34. The SMILES string of the molecule is O=C1c2ccccc2C(=O)N1c1cccc(-n2c3ccccc3c3cc4c(cc32)oc2ccccc24)c1. The molecular weight excluding hydrogens is 460 g/mol. The van der Waals surface area contributed by atoms with Gasteiger partial charge in [-0.2, -0.15) is 0 Å². The van der Waals surface area contributed by atoms with Crippen molar-refractivity contribution >= 4 is 61.2 Å². The van der Waals surface area contributed by atoms with E-state index in [-0.39, 0.29) is 11.8 Å². The summed E-state index contributed by atoms with van der Waals surface area (Å²) in [7, 11) is 0. The third-order valence-electron chi connectivity index (χ3n) is 7.31. The van der Waals surface area contributed by atoms with Gasteiger partial charge in [-0.05, 0) is 48.5 Å². The number of aromatic nitrogens is 1. The zero-order valence-corrected chi connectivity index (χ0v) is 19.5. The highest BCUT2D eigenvalue weighted by Crippen LogP contribution is 2.39. The molecule has 5 aromatic carbocycles. The Labute approximate surface area is 210 Å². The lowest BCUT2D eigenvalue weighted by atomic mass is 10.1. The quantitative estimate of drug-likeness (QED) is 0.242. The van der Waals surface area contributed by atoms with Crippen molar-refractivity contribution in [1.29, 1.82) is 0 Å². The molecule has 174 valence electrons. The van der Waals surface area contributed by atoms with Crippen LogP contribution in [0.4, 0.5) is 5.69 Å². The maximum absolute atomic E-state index is 13.1. The van der Waals surface area contributed by atoms with Gasteiger partial charge in [-0.3, -0.25) is 9.59 Å². The molecule has 0 atom stereocenters. The van der Waals surface area contributed by atoms with Crippen molar-refractivity contribution in [1.82, 2.24) is 4.57 Å². The van der Waals surface area contributed by atoms with E-state index in [1.807, 2.05) is 48.5 Å². The first-order valence-corrected chi connectivity index (χ1v) is 12.1. The van der Waals surface area contributed by atoms with Crippen LogP contribution in [-0.2, 0) is 0 Å². The van der Waals surface area contributed by atoms with E-state index < -0.39 is 0 Å². The molecule has 0 saturated heterocycles. The summed E-state index contributed by atoms with van der Waals surface area (Å²) < 4.78 is 8.37. The van der Waals surface area contributed by atoms with Crippen LogP contribution < -0.4 is 4.90 Å². The van der Waals surface area contributed by atoms with Crippen LogP contribution in [0.1, 0.15) is 20.7 Å². The van der Waals surface area contributed by atoms with Crippen LogP contribution in [0.15, 0.2) is 114 Å². The fourth-order valence-corrected chi connectivity index (χ4v) is 5.66. The van der Waals surface area contributed by atoms with Crippen LogP contribution in [-0.4, -0.2) is 16.4 Å². The molecule has 1 aliphatic heterocycles. The Balaban J connectivity index is 1.38. The Morgan fingerprint density at radius 2 is 1.16 bits per heavy atom. The molecule has 7 aromatic rings. The average Bonchev–Trinajstić information content (AvgIpc) is 3.55. The normalized spacial score (nSPS) is 13.5. The van der Waals surface area contributed by atoms with Gasteiger partial charge in [0.05, 0.1) is 27.8 Å². The number of rotatable bonds is 2. The number of carbonyl (C=O) groups is 2. The van der Waals surface area contributed by atoms with Gasteiger partial charge < -0.3 is 8.98 Å². The van der Waals surface area contributed by atoms with E-state index in [9.17, 15) is 9.59 Å². The fraction of sp³-hybridized carbons (Fsp3) is 0. The average molecular weight is 479 g/mol. The zero-order chi connectivity index (χ0) is 24.7. The molecular formula is C32H18N2O3. The summed E-state index contributed by atoms with van der Waals surface area (Å²) in [6, 6.07) is 35.2. The zero-order valence-electron chi connectivity index (χ0n) is 19.5. The van der Waals surface area contributed by atoms with Gasteiger partial charge in [0, 0.05) is 33.3 Å². The molecule has 1 aliphatic rings. The van der Waals surface area contributed by atoms with Gasteiger partial charge in [-0.1, -0.05) is 54.6 Å². The monoisotopic (exact) mass is 478 g/mol. The summed E-state index contributed by atoms with van der Waals surface area (Å²) in [6.07, 6.45) is 0. The molecule has 0 radical (unpaired) electrons. The number of benzene rings is 5. The Morgan fingerprint density at radius 3 is 1.97 bits per heavy atom. The van der Waals surface area contributed by atoms with E-state index in [0.717, 1.165) is 49.4 Å². The number of para-hydroxylation sites is 2. The Hall–Kier alpha value is -5.16. The van der Waals surface area contributed by atoms with Crippen LogP contribution in [0.25, 0.3) is 49.4 Å². The van der Waals surface area contributed by atoms with Gasteiger partial charge in [0.2, 0.25) is 0 Å². The van der Waals surface area contributed by atoms with Gasteiger partial charge in [-0.15, -0.1) is 0 Å². The van der Waals surface area contributed by atoms with Crippen LogP contribution in [0.2, 0.25) is 0 Å². The molecule has 0 saturated carbocycles. The highest BCUT2D eigenvalue weighted by Gasteiger charge is 2.36. The van der Waals surface area contributed by atoms with Gasteiger partial charge in [0.15, 0.2) is 0 Å². The summed E-state index contributed by atoms with van der Waals surface area (Å²) in [6.45, 7) is 0. The number of amides is 2. The number of carbonyl (C=O) groups excluding carboxylic acids is 2. The first kappa shape index (κ1) is 20.1. The molecule has 5 nitrogen and oxygen atoms in total. The molecule has 0 unspecified atom stereocenters. The van der Waals surface area contributed by atoms with E-state index in [4.69, 9.17) is 4.42 Å². The molecule has 3 heterocycles. The topological polar surface area (TPSA) is 55.5 Å². The largest absolute Gasteiger partial charge is 0.456 e. The summed E-state index contributed by atoms with van der Waals surface area (Å²) in [5, 5.41) is 4.39. The van der Waals surface area contributed by atoms with Crippen LogP contribution in [0.5, 0.6) is 0 Å². The lowest BCUT2D eigenvalue weighted by Crippen LogP contribution is -2.29. The standard InChI is InChI=1S/C32H18N2O3/c35-31-23-12-1-2-13-24(23)32(36)34(31)20-9-7-8-19(16-20)33-27-14-5-3-10-21(27)25-17-26-22-11-4-6-15-29(22)37-30(26)18-28(25)33/h1-18H. The summed E-state index contributed by atoms with van der Waals surface area (Å²) >= 11 is 0. The number of nitrogens with zero attached hydrogens (tertiary/aromatic N) is 2. The minimum absolute atomic E-state index is 0.302. The molecule has 5 heteroatoms. The molecule has 0 fully saturated rings. The van der Waals surface area contributed by atoms with Gasteiger partial charge in [0.1, 0.15) is 11.2 Å². The lowest BCUT2D eigenvalue weighted by molar-refractivity contribution is 0.0926. The smallest absolute Gasteiger partial charge is 0.266 e. The van der Waals surface area contributed by atoms with E-state index in [1.165, 1.54) is 4.90 Å². The first-order valence-electron chi connectivity index (χ1n) is 12.1. The number of fused-ring (bicyclic) bond motifs is 7. The van der Waals surface area contributed by atoms with Gasteiger partial charge in [0.25, 0.3) is 11.8 Å². The highest BCUT2D eigenvalue weighted by atomic mass is 16.3. The van der Waals surface area contributed by atoms with Crippen molar-refractivity contribution in [3.05, 3.63) is 120 Å². The van der Waals surface area contributed by atoms with E-state index in [0.29, 0.717) is 16.8 Å². The maximum Gasteiger partial charge on any atom is 0.266 e. The number of imide groups is 1. The lowest BCUT2D eigenvalue weighted by Gasteiger charge is -2.16. The van der Waals surface area contributed by atoms with Gasteiger partial charge in [-0.25, -0.2) is 4.90 Å². The Kier molecular flexibility index (Phi) is 3.90. The Morgan fingerprint density at radius 1 is 0.486 bits per heavy atom. The molecule has 2 aromatic heterocycles.